The van der Waals surface area contributed by atoms with Crippen LogP contribution >= 0.6 is 0 Å². The summed E-state index contributed by atoms with van der Waals surface area (Å²) in [6.45, 7) is 1.79. The number of nitrogens with zero attached hydrogens (tertiary/aromatic N) is 2. The second-order valence-corrected chi connectivity index (χ2v) is 6.77. The van der Waals surface area contributed by atoms with Crippen molar-refractivity contribution in [1.82, 2.24) is 4.90 Å². The molecule has 0 fully saturated rings. The van der Waals surface area contributed by atoms with E-state index < -0.39 is 16.1 Å². The van der Waals surface area contributed by atoms with Crippen LogP contribution in [0.4, 0.5) is 5.69 Å². The quantitative estimate of drug-likeness (QED) is 0.794. The molecule has 0 saturated carbocycles. The van der Waals surface area contributed by atoms with Crippen LogP contribution in [0.1, 0.15) is 13.3 Å². The van der Waals surface area contributed by atoms with Gasteiger partial charge in [-0.25, -0.2) is 8.42 Å². The fourth-order valence-electron chi connectivity index (χ4n) is 2.07. The first-order valence-corrected chi connectivity index (χ1v) is 8.41. The predicted molar refractivity (Wildman–Crippen MR) is 83.1 cm³/mol. The van der Waals surface area contributed by atoms with Crippen LogP contribution in [0.15, 0.2) is 24.3 Å². The number of amides is 1. The molecule has 0 heterocycles. The molecule has 0 radical (unpaired) electrons. The van der Waals surface area contributed by atoms with E-state index in [9.17, 15) is 13.2 Å². The second-order valence-electron chi connectivity index (χ2n) is 4.91. The van der Waals surface area contributed by atoms with Crippen molar-refractivity contribution in [3.05, 3.63) is 24.3 Å². The minimum Gasteiger partial charge on any atom is -0.497 e. The van der Waals surface area contributed by atoms with Gasteiger partial charge in [0, 0.05) is 14.1 Å². The SMILES string of the molecule is CC[C@@H](C(=O)N(C)C)N(c1ccc(OC)cc1)S(C)(=O)=O. The van der Waals surface area contributed by atoms with Crippen LogP contribution in [0.5, 0.6) is 5.75 Å². The fourth-order valence-corrected chi connectivity index (χ4v) is 3.28. The van der Waals surface area contributed by atoms with Gasteiger partial charge in [0.1, 0.15) is 11.8 Å². The first-order chi connectivity index (χ1) is 9.72. The fraction of sp³-hybridized carbons (Fsp3) is 0.500. The molecule has 0 saturated heterocycles. The summed E-state index contributed by atoms with van der Waals surface area (Å²) in [6, 6.07) is 5.83. The highest BCUT2D eigenvalue weighted by atomic mass is 32.2. The highest BCUT2D eigenvalue weighted by Gasteiger charge is 2.32. The Bertz CT molecular complexity index is 581. The van der Waals surface area contributed by atoms with Crippen LogP contribution in [0, 0.1) is 0 Å². The zero-order chi connectivity index (χ0) is 16.2. The molecule has 0 unspecified atom stereocenters. The number of anilines is 1. The summed E-state index contributed by atoms with van der Waals surface area (Å²) >= 11 is 0. The Balaban J connectivity index is 3.31. The number of hydrogen-bond donors (Lipinski definition) is 0. The van der Waals surface area contributed by atoms with E-state index in [0.717, 1.165) is 10.6 Å². The number of hydrogen-bond acceptors (Lipinski definition) is 4. The summed E-state index contributed by atoms with van der Waals surface area (Å²) in [7, 11) is 1.17. The molecule has 6 nitrogen and oxygen atoms in total. The van der Waals surface area contributed by atoms with Crippen molar-refractivity contribution in [3.8, 4) is 5.75 Å². The van der Waals surface area contributed by atoms with Crippen molar-refractivity contribution in [2.24, 2.45) is 0 Å². The smallest absolute Gasteiger partial charge is 0.245 e. The maximum Gasteiger partial charge on any atom is 0.245 e. The number of likely N-dealkylation sites (N-methyl/N-ethyl adjacent to an activating group) is 1. The molecule has 1 rings (SSSR count). The molecule has 1 atom stereocenters. The molecular formula is C14H22N2O4S. The molecule has 1 aromatic carbocycles. The van der Waals surface area contributed by atoms with Crippen molar-refractivity contribution < 1.29 is 17.9 Å². The number of ether oxygens (including phenoxy) is 1. The summed E-state index contributed by atoms with van der Waals surface area (Å²) < 4.78 is 30.5. The third kappa shape index (κ3) is 4.10. The molecule has 0 aliphatic carbocycles. The maximum absolute atomic E-state index is 12.3. The van der Waals surface area contributed by atoms with Gasteiger partial charge in [0.05, 0.1) is 19.1 Å². The van der Waals surface area contributed by atoms with Gasteiger partial charge in [-0.3, -0.25) is 9.10 Å². The average molecular weight is 314 g/mol. The summed E-state index contributed by atoms with van der Waals surface area (Å²) in [5, 5.41) is 0. The van der Waals surface area contributed by atoms with Crippen molar-refractivity contribution in [2.45, 2.75) is 19.4 Å². The Labute approximate surface area is 126 Å². The van der Waals surface area contributed by atoms with Gasteiger partial charge in [-0.15, -0.1) is 0 Å². The largest absolute Gasteiger partial charge is 0.497 e. The average Bonchev–Trinajstić information content (AvgIpc) is 2.42. The standard InChI is InChI=1S/C14H22N2O4S/c1-6-13(14(17)15(2)3)16(21(5,18)19)11-7-9-12(20-4)10-8-11/h7-10,13H,6H2,1-5H3/t13-/m0/s1. The lowest BCUT2D eigenvalue weighted by molar-refractivity contribution is -0.129. The molecule has 0 aliphatic rings. The van der Waals surface area contributed by atoms with E-state index in [2.05, 4.69) is 0 Å². The van der Waals surface area contributed by atoms with Crippen molar-refractivity contribution in [2.75, 3.05) is 31.8 Å². The molecule has 0 aromatic heterocycles. The molecule has 0 spiro atoms. The number of carbonyl (C=O) groups is 1. The van der Waals surface area contributed by atoms with Gasteiger partial charge >= 0.3 is 0 Å². The van der Waals surface area contributed by atoms with Gasteiger partial charge in [-0.05, 0) is 30.7 Å². The van der Waals surface area contributed by atoms with Gasteiger partial charge in [0.25, 0.3) is 0 Å². The molecule has 1 amide bonds. The number of sulfonamides is 1. The van der Waals surface area contributed by atoms with Crippen molar-refractivity contribution >= 4 is 21.6 Å². The van der Waals surface area contributed by atoms with E-state index in [1.807, 2.05) is 0 Å². The molecule has 0 N–H and O–H groups in total. The minimum absolute atomic E-state index is 0.251. The molecule has 1 aromatic rings. The van der Waals surface area contributed by atoms with E-state index in [1.54, 1.807) is 45.3 Å². The predicted octanol–water partition coefficient (Wildman–Crippen LogP) is 1.33. The van der Waals surface area contributed by atoms with Gasteiger partial charge in [0.2, 0.25) is 15.9 Å². The number of carbonyl (C=O) groups excluding carboxylic acids is 1. The van der Waals surface area contributed by atoms with Crippen LogP contribution in [0.2, 0.25) is 0 Å². The van der Waals surface area contributed by atoms with E-state index in [-0.39, 0.29) is 5.91 Å². The lowest BCUT2D eigenvalue weighted by Gasteiger charge is -2.31. The van der Waals surface area contributed by atoms with Gasteiger partial charge in [-0.2, -0.15) is 0 Å². The van der Waals surface area contributed by atoms with Crippen molar-refractivity contribution in [3.63, 3.8) is 0 Å². The zero-order valence-electron chi connectivity index (χ0n) is 13.0. The maximum atomic E-state index is 12.3. The van der Waals surface area contributed by atoms with E-state index in [0.29, 0.717) is 17.9 Å². The molecule has 7 heteroatoms. The summed E-state index contributed by atoms with van der Waals surface area (Å²) in [5.41, 5.74) is 0.445. The number of benzene rings is 1. The molecule has 0 bridgehead atoms. The van der Waals surface area contributed by atoms with Crippen LogP contribution < -0.4 is 9.04 Å². The number of rotatable bonds is 6. The zero-order valence-corrected chi connectivity index (χ0v) is 13.8. The lowest BCUT2D eigenvalue weighted by atomic mass is 10.2. The summed E-state index contributed by atoms with van der Waals surface area (Å²) in [4.78, 5) is 13.7. The second kappa shape index (κ2) is 6.80. The Kier molecular flexibility index (Phi) is 5.60. The molecule has 118 valence electrons. The van der Waals surface area contributed by atoms with E-state index in [4.69, 9.17) is 4.74 Å². The Morgan fingerprint density at radius 1 is 1.24 bits per heavy atom. The summed E-state index contributed by atoms with van der Waals surface area (Å²) in [5.74, 6) is 0.373. The first kappa shape index (κ1) is 17.3. The van der Waals surface area contributed by atoms with E-state index >= 15 is 0 Å². The van der Waals surface area contributed by atoms with Crippen LogP contribution in [-0.2, 0) is 14.8 Å². The topological polar surface area (TPSA) is 66.9 Å². The minimum atomic E-state index is -3.58. The van der Waals surface area contributed by atoms with E-state index in [1.165, 1.54) is 12.0 Å². The third-order valence-corrected chi connectivity index (χ3v) is 4.26. The van der Waals surface area contributed by atoms with Crippen molar-refractivity contribution in [1.29, 1.82) is 0 Å². The monoisotopic (exact) mass is 314 g/mol. The molecular weight excluding hydrogens is 292 g/mol. The van der Waals surface area contributed by atoms with Gasteiger partial charge < -0.3 is 9.64 Å². The Hall–Kier alpha value is -1.76. The first-order valence-electron chi connectivity index (χ1n) is 6.57. The lowest BCUT2D eigenvalue weighted by Crippen LogP contribution is -2.48. The highest BCUT2D eigenvalue weighted by molar-refractivity contribution is 7.92. The number of methoxy groups -OCH3 is 1. The molecule has 0 aliphatic heterocycles. The van der Waals surface area contributed by atoms with Crippen LogP contribution in [0.3, 0.4) is 0 Å². The Morgan fingerprint density at radius 3 is 2.10 bits per heavy atom. The molecule has 21 heavy (non-hydrogen) atoms. The van der Waals surface area contributed by atoms with Crippen LogP contribution in [0.25, 0.3) is 0 Å². The van der Waals surface area contributed by atoms with Crippen LogP contribution in [-0.4, -0.2) is 52.7 Å². The normalized spacial score (nSPS) is 12.6. The van der Waals surface area contributed by atoms with Gasteiger partial charge in [-0.1, -0.05) is 6.92 Å². The van der Waals surface area contributed by atoms with Gasteiger partial charge in [0.15, 0.2) is 0 Å². The highest BCUT2D eigenvalue weighted by Crippen LogP contribution is 2.25. The Morgan fingerprint density at radius 2 is 1.76 bits per heavy atom. The summed E-state index contributed by atoms with van der Waals surface area (Å²) in [6.07, 6.45) is 1.49. The third-order valence-electron chi connectivity index (χ3n) is 3.08.